The van der Waals surface area contributed by atoms with Crippen LogP contribution in [0.1, 0.15) is 12.8 Å². The molecule has 0 amide bonds. The molecule has 1 unspecified atom stereocenters. The third-order valence-corrected chi connectivity index (χ3v) is 4.06. The zero-order valence-corrected chi connectivity index (χ0v) is 12.3. The first kappa shape index (κ1) is 12.4. The van der Waals surface area contributed by atoms with E-state index in [4.69, 9.17) is 0 Å². The van der Waals surface area contributed by atoms with Gasteiger partial charge in [-0.3, -0.25) is 0 Å². The van der Waals surface area contributed by atoms with Crippen LogP contribution in [0.5, 0.6) is 0 Å². The molecule has 0 bridgehead atoms. The fourth-order valence-corrected chi connectivity index (χ4v) is 3.17. The van der Waals surface area contributed by atoms with E-state index in [-0.39, 0.29) is 0 Å². The summed E-state index contributed by atoms with van der Waals surface area (Å²) < 4.78 is 2.22. The average Bonchev–Trinajstić information content (AvgIpc) is 2.29. The lowest BCUT2D eigenvalue weighted by Crippen LogP contribution is -2.33. The summed E-state index contributed by atoms with van der Waals surface area (Å²) in [5.41, 5.74) is 1.17. The van der Waals surface area contributed by atoms with Crippen LogP contribution in [0.4, 0.5) is 5.69 Å². The molecule has 0 radical (unpaired) electrons. The van der Waals surface area contributed by atoms with Crippen LogP contribution in [0, 0.1) is 5.92 Å². The number of piperidine rings is 1. The summed E-state index contributed by atoms with van der Waals surface area (Å²) in [6.07, 6.45) is 2.63. The Morgan fingerprint density at radius 1 is 1.38 bits per heavy atom. The van der Waals surface area contributed by atoms with E-state index >= 15 is 0 Å². The van der Waals surface area contributed by atoms with Gasteiger partial charge in [-0.05, 0) is 66.0 Å². The van der Waals surface area contributed by atoms with Crippen molar-refractivity contribution in [3.63, 3.8) is 0 Å². The maximum absolute atomic E-state index is 3.56. The number of halogens is 2. The van der Waals surface area contributed by atoms with Gasteiger partial charge in [-0.2, -0.15) is 0 Å². The fraction of sp³-hybridized carbons (Fsp3) is 0.500. The number of hydrogen-bond acceptors (Lipinski definition) is 2. The van der Waals surface area contributed by atoms with Gasteiger partial charge in [0.05, 0.1) is 0 Å². The van der Waals surface area contributed by atoms with Gasteiger partial charge in [0.25, 0.3) is 0 Å². The molecule has 1 aromatic rings. The first-order valence-corrected chi connectivity index (χ1v) is 7.24. The molecule has 0 aromatic heterocycles. The predicted molar refractivity (Wildman–Crippen MR) is 75.9 cm³/mol. The van der Waals surface area contributed by atoms with Crippen molar-refractivity contribution >= 4 is 37.5 Å². The molecule has 2 N–H and O–H groups in total. The monoisotopic (exact) mass is 346 g/mol. The van der Waals surface area contributed by atoms with Crippen LogP contribution >= 0.6 is 31.9 Å². The molecule has 2 nitrogen and oxygen atoms in total. The summed E-state index contributed by atoms with van der Waals surface area (Å²) in [5.74, 6) is 0.754. The largest absolute Gasteiger partial charge is 0.384 e. The summed E-state index contributed by atoms with van der Waals surface area (Å²) in [6.45, 7) is 3.37. The van der Waals surface area contributed by atoms with E-state index in [1.54, 1.807) is 0 Å². The van der Waals surface area contributed by atoms with Crippen LogP contribution in [0.2, 0.25) is 0 Å². The van der Waals surface area contributed by atoms with Crippen molar-refractivity contribution < 1.29 is 0 Å². The maximum atomic E-state index is 3.56. The van der Waals surface area contributed by atoms with Crippen molar-refractivity contribution in [3.05, 3.63) is 27.1 Å². The summed E-state index contributed by atoms with van der Waals surface area (Å²) in [7, 11) is 0. The van der Waals surface area contributed by atoms with Crippen LogP contribution in [0.3, 0.4) is 0 Å². The molecule has 1 aliphatic rings. The Hall–Kier alpha value is -0.0600. The number of hydrogen-bond donors (Lipinski definition) is 2. The minimum absolute atomic E-state index is 0.754. The Kier molecular flexibility index (Phi) is 4.67. The molecule has 1 heterocycles. The Labute approximate surface area is 113 Å². The van der Waals surface area contributed by atoms with Crippen LogP contribution in [-0.4, -0.2) is 19.6 Å². The lowest BCUT2D eigenvalue weighted by Gasteiger charge is -2.23. The first-order chi connectivity index (χ1) is 7.75. The number of nitrogens with one attached hydrogen (secondary N) is 2. The zero-order valence-electron chi connectivity index (χ0n) is 9.10. The second kappa shape index (κ2) is 6.03. The van der Waals surface area contributed by atoms with E-state index in [1.165, 1.54) is 25.1 Å². The van der Waals surface area contributed by atoms with Gasteiger partial charge in [0.1, 0.15) is 0 Å². The second-order valence-corrected chi connectivity index (χ2v) is 5.99. The van der Waals surface area contributed by atoms with Crippen LogP contribution in [-0.2, 0) is 0 Å². The number of benzene rings is 1. The van der Waals surface area contributed by atoms with Gasteiger partial charge in [0.15, 0.2) is 0 Å². The van der Waals surface area contributed by atoms with Gasteiger partial charge >= 0.3 is 0 Å². The quantitative estimate of drug-likeness (QED) is 0.872. The van der Waals surface area contributed by atoms with Crippen LogP contribution in [0.25, 0.3) is 0 Å². The SMILES string of the molecule is Brc1ccc(NCC2CCCNC2)c(Br)c1. The molecule has 2 rings (SSSR count). The van der Waals surface area contributed by atoms with E-state index in [0.29, 0.717) is 0 Å². The summed E-state index contributed by atoms with van der Waals surface area (Å²) in [5, 5.41) is 6.94. The van der Waals surface area contributed by atoms with Gasteiger partial charge in [-0.1, -0.05) is 15.9 Å². The highest BCUT2D eigenvalue weighted by Gasteiger charge is 2.12. The predicted octanol–water partition coefficient (Wildman–Crippen LogP) is 3.62. The molecule has 0 saturated carbocycles. The van der Waals surface area contributed by atoms with Crippen molar-refractivity contribution in [2.45, 2.75) is 12.8 Å². The highest BCUT2D eigenvalue weighted by atomic mass is 79.9. The lowest BCUT2D eigenvalue weighted by atomic mass is 10.00. The number of anilines is 1. The summed E-state index contributed by atoms with van der Waals surface area (Å²) >= 11 is 7.02. The molecule has 16 heavy (non-hydrogen) atoms. The van der Waals surface area contributed by atoms with E-state index in [0.717, 1.165) is 28.0 Å². The third-order valence-electron chi connectivity index (χ3n) is 2.91. The van der Waals surface area contributed by atoms with Gasteiger partial charge in [-0.25, -0.2) is 0 Å². The Bertz CT molecular complexity index is 349. The molecule has 1 atom stereocenters. The van der Waals surface area contributed by atoms with Crippen LogP contribution < -0.4 is 10.6 Å². The average molecular weight is 348 g/mol. The van der Waals surface area contributed by atoms with Crippen molar-refractivity contribution in [1.82, 2.24) is 5.32 Å². The Morgan fingerprint density at radius 2 is 2.25 bits per heavy atom. The van der Waals surface area contributed by atoms with Crippen molar-refractivity contribution in [2.75, 3.05) is 25.0 Å². The molecule has 4 heteroatoms. The zero-order chi connectivity index (χ0) is 11.4. The minimum atomic E-state index is 0.754. The molecule has 0 spiro atoms. The Morgan fingerprint density at radius 3 is 2.94 bits per heavy atom. The fourth-order valence-electron chi connectivity index (χ4n) is 1.99. The van der Waals surface area contributed by atoms with Gasteiger partial charge in [-0.15, -0.1) is 0 Å². The van der Waals surface area contributed by atoms with Crippen LogP contribution in [0.15, 0.2) is 27.1 Å². The van der Waals surface area contributed by atoms with Crippen molar-refractivity contribution in [3.8, 4) is 0 Å². The summed E-state index contributed by atoms with van der Waals surface area (Å²) in [6, 6.07) is 6.23. The normalized spacial score (nSPS) is 20.8. The third kappa shape index (κ3) is 3.47. The maximum Gasteiger partial charge on any atom is 0.0485 e. The van der Waals surface area contributed by atoms with E-state index in [1.807, 2.05) is 0 Å². The van der Waals surface area contributed by atoms with Crippen molar-refractivity contribution in [1.29, 1.82) is 0 Å². The van der Waals surface area contributed by atoms with Crippen molar-refractivity contribution in [2.24, 2.45) is 5.92 Å². The van der Waals surface area contributed by atoms with E-state index < -0.39 is 0 Å². The topological polar surface area (TPSA) is 24.1 Å². The highest BCUT2D eigenvalue weighted by molar-refractivity contribution is 9.11. The van der Waals surface area contributed by atoms with Gasteiger partial charge in [0.2, 0.25) is 0 Å². The van der Waals surface area contributed by atoms with Gasteiger partial charge in [0, 0.05) is 21.2 Å². The Balaban J connectivity index is 1.88. The van der Waals surface area contributed by atoms with Gasteiger partial charge < -0.3 is 10.6 Å². The lowest BCUT2D eigenvalue weighted by molar-refractivity contribution is 0.393. The molecule has 1 aromatic carbocycles. The molecule has 1 fully saturated rings. The van der Waals surface area contributed by atoms with E-state index in [9.17, 15) is 0 Å². The number of rotatable bonds is 3. The van der Waals surface area contributed by atoms with E-state index in [2.05, 4.69) is 60.7 Å². The summed E-state index contributed by atoms with van der Waals surface area (Å²) in [4.78, 5) is 0. The molecule has 1 aliphatic heterocycles. The second-order valence-electron chi connectivity index (χ2n) is 4.22. The molecule has 1 saturated heterocycles. The molecular formula is C12H16Br2N2. The first-order valence-electron chi connectivity index (χ1n) is 5.65. The molecular weight excluding hydrogens is 332 g/mol. The molecule has 0 aliphatic carbocycles. The standard InChI is InChI=1S/C12H16Br2N2/c13-10-3-4-12(11(14)6-10)16-8-9-2-1-5-15-7-9/h3-4,6,9,15-16H,1-2,5,7-8H2. The minimum Gasteiger partial charge on any atom is -0.384 e. The molecule has 88 valence electrons. The highest BCUT2D eigenvalue weighted by Crippen LogP contribution is 2.26. The smallest absolute Gasteiger partial charge is 0.0485 e.